The minimum atomic E-state index is -4.38. The third-order valence-corrected chi connectivity index (χ3v) is 2.33. The second kappa shape index (κ2) is 4.80. The van der Waals surface area contributed by atoms with E-state index in [0.717, 1.165) is 4.90 Å². The predicted molar refractivity (Wildman–Crippen MR) is 48.1 cm³/mol. The predicted octanol–water partition coefficient (Wildman–Crippen LogP) is -0.302. The van der Waals surface area contributed by atoms with Gasteiger partial charge in [-0.05, 0) is 6.42 Å². The molecule has 1 fully saturated rings. The Bertz CT molecular complexity index is 232. The molecule has 1 aliphatic heterocycles. The Hall–Kier alpha value is -0.820. The summed E-state index contributed by atoms with van der Waals surface area (Å²) in [6, 6.07) is -1.72. The van der Waals surface area contributed by atoms with E-state index < -0.39 is 18.8 Å². The lowest BCUT2D eigenvalue weighted by molar-refractivity contribution is -0.181. The second-order valence-corrected chi connectivity index (χ2v) is 3.47. The van der Waals surface area contributed by atoms with Crippen molar-refractivity contribution in [1.29, 1.82) is 0 Å². The van der Waals surface area contributed by atoms with Crippen LogP contribution in [0.25, 0.3) is 0 Å². The molecule has 1 rings (SSSR count). The number of hydrogen-bond acceptors (Lipinski definition) is 3. The van der Waals surface area contributed by atoms with Crippen LogP contribution < -0.4 is 11.1 Å². The van der Waals surface area contributed by atoms with Gasteiger partial charge in [-0.1, -0.05) is 0 Å². The van der Waals surface area contributed by atoms with E-state index in [2.05, 4.69) is 5.32 Å². The molecule has 0 radical (unpaired) electrons. The maximum absolute atomic E-state index is 12.5. The Labute approximate surface area is 85.6 Å². The van der Waals surface area contributed by atoms with Gasteiger partial charge in [-0.15, -0.1) is 0 Å². The molecule has 0 aromatic carbocycles. The zero-order valence-electron chi connectivity index (χ0n) is 8.18. The van der Waals surface area contributed by atoms with Crippen molar-refractivity contribution >= 4 is 5.91 Å². The SMILES string of the molecule is NCC(N1CCCNC(=O)C1)C(F)(F)F. The van der Waals surface area contributed by atoms with Crippen molar-refractivity contribution < 1.29 is 18.0 Å². The Morgan fingerprint density at radius 2 is 2.20 bits per heavy atom. The summed E-state index contributed by atoms with van der Waals surface area (Å²) >= 11 is 0. The van der Waals surface area contributed by atoms with Gasteiger partial charge in [0.1, 0.15) is 6.04 Å². The highest BCUT2D eigenvalue weighted by Crippen LogP contribution is 2.24. The summed E-state index contributed by atoms with van der Waals surface area (Å²) in [5.74, 6) is -0.379. The topological polar surface area (TPSA) is 58.4 Å². The third kappa shape index (κ3) is 3.35. The fourth-order valence-electron chi connectivity index (χ4n) is 1.59. The van der Waals surface area contributed by atoms with Gasteiger partial charge in [-0.2, -0.15) is 13.2 Å². The first-order chi connectivity index (χ1) is 6.95. The molecule has 1 unspecified atom stereocenters. The normalized spacial score (nSPS) is 22.0. The van der Waals surface area contributed by atoms with Crippen LogP contribution in [0.15, 0.2) is 0 Å². The molecule has 0 bridgehead atoms. The minimum absolute atomic E-state index is 0.235. The molecule has 3 N–H and O–H groups in total. The molecule has 0 spiro atoms. The fraction of sp³-hybridized carbons (Fsp3) is 0.875. The van der Waals surface area contributed by atoms with Crippen molar-refractivity contribution in [2.24, 2.45) is 5.73 Å². The Kier molecular flexibility index (Phi) is 3.92. The van der Waals surface area contributed by atoms with Crippen LogP contribution >= 0.6 is 0 Å². The number of nitrogens with zero attached hydrogens (tertiary/aromatic N) is 1. The van der Waals surface area contributed by atoms with Gasteiger partial charge in [0.25, 0.3) is 0 Å². The molecular weight excluding hydrogens is 211 g/mol. The van der Waals surface area contributed by atoms with Crippen LogP contribution in [-0.2, 0) is 4.79 Å². The van der Waals surface area contributed by atoms with Gasteiger partial charge >= 0.3 is 6.18 Å². The largest absolute Gasteiger partial charge is 0.405 e. The van der Waals surface area contributed by atoms with Gasteiger partial charge in [0.05, 0.1) is 6.54 Å². The highest BCUT2D eigenvalue weighted by atomic mass is 19.4. The minimum Gasteiger partial charge on any atom is -0.355 e. The van der Waals surface area contributed by atoms with Crippen LogP contribution in [0.5, 0.6) is 0 Å². The number of carbonyl (C=O) groups excluding carboxylic acids is 1. The molecule has 88 valence electrons. The van der Waals surface area contributed by atoms with Gasteiger partial charge in [-0.25, -0.2) is 0 Å². The van der Waals surface area contributed by atoms with Crippen LogP contribution in [0, 0.1) is 0 Å². The van der Waals surface area contributed by atoms with Crippen molar-refractivity contribution in [2.75, 3.05) is 26.2 Å². The van der Waals surface area contributed by atoms with E-state index in [1.165, 1.54) is 0 Å². The maximum atomic E-state index is 12.5. The van der Waals surface area contributed by atoms with Crippen molar-refractivity contribution in [2.45, 2.75) is 18.6 Å². The van der Waals surface area contributed by atoms with Gasteiger partial charge in [0.2, 0.25) is 5.91 Å². The Morgan fingerprint density at radius 1 is 1.53 bits per heavy atom. The second-order valence-electron chi connectivity index (χ2n) is 3.47. The van der Waals surface area contributed by atoms with Gasteiger partial charge in [0, 0.05) is 19.6 Å². The number of carbonyl (C=O) groups is 1. The smallest absolute Gasteiger partial charge is 0.355 e. The molecule has 1 saturated heterocycles. The fourth-order valence-corrected chi connectivity index (χ4v) is 1.59. The lowest BCUT2D eigenvalue weighted by Crippen LogP contribution is -2.52. The van der Waals surface area contributed by atoms with Crippen molar-refractivity contribution in [3.05, 3.63) is 0 Å². The first kappa shape index (κ1) is 12.3. The van der Waals surface area contributed by atoms with Crippen LogP contribution in [0.3, 0.4) is 0 Å². The van der Waals surface area contributed by atoms with E-state index in [1.807, 2.05) is 0 Å². The molecule has 4 nitrogen and oxygen atoms in total. The molecular formula is C8H14F3N3O. The summed E-state index contributed by atoms with van der Waals surface area (Å²) in [7, 11) is 0. The summed E-state index contributed by atoms with van der Waals surface area (Å²) in [6.07, 6.45) is -3.86. The number of nitrogens with two attached hydrogens (primary N) is 1. The lowest BCUT2D eigenvalue weighted by Gasteiger charge is -2.30. The highest BCUT2D eigenvalue weighted by Gasteiger charge is 2.43. The van der Waals surface area contributed by atoms with E-state index in [-0.39, 0.29) is 19.0 Å². The first-order valence-electron chi connectivity index (χ1n) is 4.72. The lowest BCUT2D eigenvalue weighted by atomic mass is 10.2. The van der Waals surface area contributed by atoms with E-state index >= 15 is 0 Å². The average molecular weight is 225 g/mol. The highest BCUT2D eigenvalue weighted by molar-refractivity contribution is 5.78. The first-order valence-corrected chi connectivity index (χ1v) is 4.72. The maximum Gasteiger partial charge on any atom is 0.405 e. The number of hydrogen-bond donors (Lipinski definition) is 2. The van der Waals surface area contributed by atoms with Crippen molar-refractivity contribution in [1.82, 2.24) is 10.2 Å². The Morgan fingerprint density at radius 3 is 2.73 bits per heavy atom. The zero-order valence-corrected chi connectivity index (χ0v) is 8.18. The number of alkyl halides is 3. The van der Waals surface area contributed by atoms with E-state index in [1.54, 1.807) is 0 Å². The monoisotopic (exact) mass is 225 g/mol. The summed E-state index contributed by atoms with van der Waals surface area (Å²) in [4.78, 5) is 12.2. The van der Waals surface area contributed by atoms with Gasteiger partial charge in [-0.3, -0.25) is 9.69 Å². The third-order valence-electron chi connectivity index (χ3n) is 2.33. The molecule has 0 saturated carbocycles. The van der Waals surface area contributed by atoms with Gasteiger partial charge in [0.15, 0.2) is 0 Å². The molecule has 1 heterocycles. The molecule has 1 aliphatic rings. The molecule has 7 heteroatoms. The summed E-state index contributed by atoms with van der Waals surface area (Å²) < 4.78 is 37.5. The standard InChI is InChI=1S/C8H14F3N3O/c9-8(10,11)6(4-12)14-3-1-2-13-7(15)5-14/h6H,1-5,12H2,(H,13,15). The van der Waals surface area contributed by atoms with Crippen LogP contribution in [0.4, 0.5) is 13.2 Å². The molecule has 0 aromatic heterocycles. The summed E-state index contributed by atoms with van der Waals surface area (Å²) in [6.45, 7) is -0.0945. The van der Waals surface area contributed by atoms with Crippen LogP contribution in [-0.4, -0.2) is 49.2 Å². The molecule has 1 amide bonds. The molecule has 15 heavy (non-hydrogen) atoms. The molecule has 0 aromatic rings. The van der Waals surface area contributed by atoms with Crippen molar-refractivity contribution in [3.8, 4) is 0 Å². The Balaban J connectivity index is 2.70. The number of rotatable bonds is 2. The number of amides is 1. The zero-order chi connectivity index (χ0) is 11.5. The summed E-state index contributed by atoms with van der Waals surface area (Å²) in [5.41, 5.74) is 5.09. The van der Waals surface area contributed by atoms with Gasteiger partial charge < -0.3 is 11.1 Å². The van der Waals surface area contributed by atoms with Crippen LogP contribution in [0.1, 0.15) is 6.42 Å². The van der Waals surface area contributed by atoms with E-state index in [0.29, 0.717) is 13.0 Å². The van der Waals surface area contributed by atoms with Crippen LogP contribution in [0.2, 0.25) is 0 Å². The molecule has 1 atom stereocenters. The van der Waals surface area contributed by atoms with Crippen molar-refractivity contribution in [3.63, 3.8) is 0 Å². The van der Waals surface area contributed by atoms with E-state index in [9.17, 15) is 18.0 Å². The number of nitrogens with one attached hydrogen (secondary N) is 1. The quantitative estimate of drug-likeness (QED) is 0.678. The van der Waals surface area contributed by atoms with E-state index in [4.69, 9.17) is 5.73 Å². The average Bonchev–Trinajstić information content (AvgIpc) is 2.29. The molecule has 0 aliphatic carbocycles. The summed E-state index contributed by atoms with van der Waals surface area (Å²) in [5, 5.41) is 2.52. The number of halogens is 3.